The maximum absolute atomic E-state index is 12.9. The summed E-state index contributed by atoms with van der Waals surface area (Å²) in [4.78, 5) is 12.9. The molecule has 0 aliphatic heterocycles. The summed E-state index contributed by atoms with van der Waals surface area (Å²) < 4.78 is 5.29. The Morgan fingerprint density at radius 1 is 1.05 bits per heavy atom. The summed E-state index contributed by atoms with van der Waals surface area (Å²) in [6.07, 6.45) is 0. The fraction of sp³-hybridized carbons (Fsp3) is 0.278. The lowest BCUT2D eigenvalue weighted by Gasteiger charge is -2.22. The molecule has 2 aromatic rings. The van der Waals surface area contributed by atoms with Crippen LogP contribution in [0.5, 0.6) is 5.75 Å². The van der Waals surface area contributed by atoms with Gasteiger partial charge in [0.1, 0.15) is 5.75 Å². The Morgan fingerprint density at radius 3 is 2.33 bits per heavy atom. The minimum atomic E-state index is -0.113. The van der Waals surface area contributed by atoms with Crippen molar-refractivity contribution in [1.29, 1.82) is 0 Å². The minimum Gasteiger partial charge on any atom is -0.496 e. The lowest BCUT2D eigenvalue weighted by atomic mass is 9.82. The third-order valence-electron chi connectivity index (χ3n) is 3.39. The predicted octanol–water partition coefficient (Wildman–Crippen LogP) is 4.88. The third kappa shape index (κ3) is 3.27. The Hall–Kier alpha value is -1.80. The van der Waals surface area contributed by atoms with E-state index in [4.69, 9.17) is 16.3 Å². The normalized spacial score (nSPS) is 11.3. The van der Waals surface area contributed by atoms with Crippen molar-refractivity contribution < 1.29 is 9.53 Å². The number of carbonyl (C=O) groups excluding carboxylic acids is 1. The van der Waals surface area contributed by atoms with Crippen molar-refractivity contribution in [3.05, 3.63) is 64.2 Å². The van der Waals surface area contributed by atoms with Gasteiger partial charge in [0.05, 0.1) is 12.7 Å². The van der Waals surface area contributed by atoms with E-state index in [0.717, 1.165) is 5.56 Å². The van der Waals surface area contributed by atoms with E-state index in [1.807, 2.05) is 24.3 Å². The first-order valence-corrected chi connectivity index (χ1v) is 7.20. The van der Waals surface area contributed by atoms with Gasteiger partial charge in [-0.1, -0.05) is 56.6 Å². The van der Waals surface area contributed by atoms with Crippen LogP contribution in [0, 0.1) is 0 Å². The molecule has 0 aliphatic rings. The Bertz CT molecular complexity index is 669. The molecule has 0 aliphatic carbocycles. The molecule has 0 heterocycles. The number of methoxy groups -OCH3 is 1. The quantitative estimate of drug-likeness (QED) is 0.756. The summed E-state index contributed by atoms with van der Waals surface area (Å²) >= 11 is 6.03. The first-order chi connectivity index (χ1) is 9.84. The minimum absolute atomic E-state index is 0.0696. The number of carbonyl (C=O) groups is 1. The number of halogens is 1. The molecule has 0 bridgehead atoms. The van der Waals surface area contributed by atoms with Crippen LogP contribution in [-0.4, -0.2) is 12.9 Å². The monoisotopic (exact) mass is 302 g/mol. The summed E-state index contributed by atoms with van der Waals surface area (Å²) in [5.74, 6) is 0.466. The zero-order chi connectivity index (χ0) is 15.6. The van der Waals surface area contributed by atoms with Gasteiger partial charge in [-0.2, -0.15) is 0 Å². The van der Waals surface area contributed by atoms with E-state index < -0.39 is 0 Å². The average molecular weight is 303 g/mol. The van der Waals surface area contributed by atoms with Crippen molar-refractivity contribution in [2.45, 2.75) is 26.2 Å². The zero-order valence-corrected chi connectivity index (χ0v) is 13.5. The van der Waals surface area contributed by atoms with Crippen LogP contribution in [0.15, 0.2) is 42.5 Å². The van der Waals surface area contributed by atoms with Crippen molar-refractivity contribution in [2.75, 3.05) is 7.11 Å². The van der Waals surface area contributed by atoms with Gasteiger partial charge < -0.3 is 4.74 Å². The number of hydrogen-bond donors (Lipinski definition) is 0. The second kappa shape index (κ2) is 5.90. The van der Waals surface area contributed by atoms with Crippen molar-refractivity contribution >= 4 is 17.4 Å². The van der Waals surface area contributed by atoms with Crippen LogP contribution in [0.2, 0.25) is 5.02 Å². The number of ether oxygens (including phenoxy) is 1. The molecule has 2 rings (SSSR count). The maximum atomic E-state index is 12.9. The van der Waals surface area contributed by atoms with Crippen LogP contribution in [0.25, 0.3) is 0 Å². The molecule has 0 amide bonds. The maximum Gasteiger partial charge on any atom is 0.197 e. The van der Waals surface area contributed by atoms with Crippen molar-refractivity contribution in [3.63, 3.8) is 0 Å². The molecular formula is C18H19ClO2. The number of hydrogen-bond acceptors (Lipinski definition) is 2. The smallest absolute Gasteiger partial charge is 0.197 e. The fourth-order valence-electron chi connectivity index (χ4n) is 2.34. The molecule has 0 radical (unpaired) electrons. The molecule has 0 N–H and O–H groups in total. The number of rotatable bonds is 3. The van der Waals surface area contributed by atoms with Crippen LogP contribution >= 0.6 is 11.6 Å². The highest BCUT2D eigenvalue weighted by Crippen LogP contribution is 2.30. The van der Waals surface area contributed by atoms with E-state index in [1.165, 1.54) is 0 Å². The van der Waals surface area contributed by atoms with Crippen molar-refractivity contribution in [3.8, 4) is 5.75 Å². The number of benzene rings is 2. The van der Waals surface area contributed by atoms with E-state index in [2.05, 4.69) is 20.8 Å². The van der Waals surface area contributed by atoms with E-state index in [0.29, 0.717) is 21.9 Å². The molecule has 2 nitrogen and oxygen atoms in total. The molecule has 0 aromatic heterocycles. The molecule has 110 valence electrons. The van der Waals surface area contributed by atoms with E-state index in [-0.39, 0.29) is 11.2 Å². The van der Waals surface area contributed by atoms with Gasteiger partial charge in [-0.25, -0.2) is 0 Å². The molecule has 0 fully saturated rings. The molecule has 0 unspecified atom stereocenters. The predicted molar refractivity (Wildman–Crippen MR) is 86.6 cm³/mol. The second-order valence-corrected chi connectivity index (χ2v) is 6.41. The summed E-state index contributed by atoms with van der Waals surface area (Å²) in [6, 6.07) is 12.8. The number of ketones is 1. The first kappa shape index (κ1) is 15.6. The van der Waals surface area contributed by atoms with Gasteiger partial charge in [-0.05, 0) is 29.2 Å². The molecule has 0 spiro atoms. The van der Waals surface area contributed by atoms with Crippen molar-refractivity contribution in [2.24, 2.45) is 0 Å². The molecule has 2 aromatic carbocycles. The third-order valence-corrected chi connectivity index (χ3v) is 3.62. The van der Waals surface area contributed by atoms with Crippen LogP contribution in [0.1, 0.15) is 42.3 Å². The van der Waals surface area contributed by atoms with Crippen LogP contribution in [0.4, 0.5) is 0 Å². The van der Waals surface area contributed by atoms with Gasteiger partial charge in [0.25, 0.3) is 0 Å². The van der Waals surface area contributed by atoms with Crippen LogP contribution < -0.4 is 4.74 Å². The molecule has 21 heavy (non-hydrogen) atoms. The summed E-state index contributed by atoms with van der Waals surface area (Å²) in [7, 11) is 1.55. The topological polar surface area (TPSA) is 26.3 Å². The fourth-order valence-corrected chi connectivity index (χ4v) is 2.51. The summed E-state index contributed by atoms with van der Waals surface area (Å²) in [5, 5.41) is 0.521. The molecule has 3 heteroatoms. The highest BCUT2D eigenvalue weighted by Gasteiger charge is 2.23. The Balaban J connectivity index is 2.59. The summed E-state index contributed by atoms with van der Waals surface area (Å²) in [5.41, 5.74) is 2.07. The Morgan fingerprint density at radius 2 is 1.71 bits per heavy atom. The molecule has 0 atom stereocenters. The van der Waals surface area contributed by atoms with Gasteiger partial charge >= 0.3 is 0 Å². The van der Waals surface area contributed by atoms with Gasteiger partial charge in [0, 0.05) is 10.6 Å². The van der Waals surface area contributed by atoms with E-state index in [9.17, 15) is 4.79 Å². The Kier molecular flexibility index (Phi) is 4.38. The van der Waals surface area contributed by atoms with Crippen LogP contribution in [-0.2, 0) is 5.41 Å². The van der Waals surface area contributed by atoms with Gasteiger partial charge in [-0.15, -0.1) is 0 Å². The molecule has 0 saturated carbocycles. The highest BCUT2D eigenvalue weighted by molar-refractivity contribution is 6.31. The largest absolute Gasteiger partial charge is 0.496 e. The van der Waals surface area contributed by atoms with Gasteiger partial charge in [0.2, 0.25) is 0 Å². The lowest BCUT2D eigenvalue weighted by Crippen LogP contribution is -2.17. The second-order valence-electron chi connectivity index (χ2n) is 5.97. The Labute approximate surface area is 130 Å². The highest BCUT2D eigenvalue weighted by atomic mass is 35.5. The summed E-state index contributed by atoms with van der Waals surface area (Å²) in [6.45, 7) is 6.27. The first-order valence-electron chi connectivity index (χ1n) is 6.82. The van der Waals surface area contributed by atoms with Crippen molar-refractivity contribution in [1.82, 2.24) is 0 Å². The zero-order valence-electron chi connectivity index (χ0n) is 12.7. The average Bonchev–Trinajstić information content (AvgIpc) is 2.45. The van der Waals surface area contributed by atoms with Gasteiger partial charge in [0.15, 0.2) is 5.78 Å². The standard InChI is InChI=1S/C18H19ClO2/c1-18(2,3)15-8-6-5-7-13(15)17(20)14-11-12(19)9-10-16(14)21-4/h5-11H,1-4H3. The molecule has 0 saturated heterocycles. The van der Waals surface area contributed by atoms with E-state index in [1.54, 1.807) is 25.3 Å². The van der Waals surface area contributed by atoms with E-state index >= 15 is 0 Å². The van der Waals surface area contributed by atoms with Crippen LogP contribution in [0.3, 0.4) is 0 Å². The molecular weight excluding hydrogens is 284 g/mol. The lowest BCUT2D eigenvalue weighted by molar-refractivity contribution is 0.103. The SMILES string of the molecule is COc1ccc(Cl)cc1C(=O)c1ccccc1C(C)(C)C. The van der Waals surface area contributed by atoms with Gasteiger partial charge in [-0.3, -0.25) is 4.79 Å².